The number of sulfonamides is 1. The zero-order chi connectivity index (χ0) is 15.1. The average molecular weight is 302 g/mol. The highest BCUT2D eigenvalue weighted by Crippen LogP contribution is 2.43. The third-order valence-corrected chi connectivity index (χ3v) is 5.75. The summed E-state index contributed by atoms with van der Waals surface area (Å²) in [7, 11) is -1.95. The van der Waals surface area contributed by atoms with Crippen molar-refractivity contribution in [2.45, 2.75) is 50.8 Å². The number of nitrogens with two attached hydrogens (primary N) is 1. The third-order valence-electron chi connectivity index (χ3n) is 4.17. The maximum Gasteiger partial charge on any atom is 0.244 e. The molecule has 2 rings (SSSR count). The summed E-state index contributed by atoms with van der Waals surface area (Å²) in [5.74, 6) is 0.823. The predicted molar refractivity (Wildman–Crippen MR) is 74.6 cm³/mol. The Morgan fingerprint density at radius 2 is 2.20 bits per heavy atom. The molecule has 0 aromatic carbocycles. The van der Waals surface area contributed by atoms with Crippen LogP contribution in [0.25, 0.3) is 0 Å². The molecule has 0 saturated heterocycles. The van der Waals surface area contributed by atoms with E-state index in [1.54, 1.807) is 14.0 Å². The summed E-state index contributed by atoms with van der Waals surface area (Å²) in [6, 6.07) is 1.34. The molecule has 2 unspecified atom stereocenters. The van der Waals surface area contributed by atoms with Gasteiger partial charge in [-0.1, -0.05) is 13.8 Å². The van der Waals surface area contributed by atoms with E-state index in [1.165, 1.54) is 6.07 Å². The average Bonchev–Trinajstić information content (AvgIpc) is 2.76. The predicted octanol–water partition coefficient (Wildman–Crippen LogP) is 1.14. The van der Waals surface area contributed by atoms with Crippen molar-refractivity contribution in [1.29, 1.82) is 0 Å². The van der Waals surface area contributed by atoms with Crippen molar-refractivity contribution in [3.8, 4) is 0 Å². The zero-order valence-electron chi connectivity index (χ0n) is 12.3. The van der Waals surface area contributed by atoms with Crippen LogP contribution in [-0.4, -0.2) is 27.7 Å². The minimum atomic E-state index is -3.60. The van der Waals surface area contributed by atoms with Crippen molar-refractivity contribution < 1.29 is 17.6 Å². The maximum absolute atomic E-state index is 12.4. The molecule has 114 valence electrons. The van der Waals surface area contributed by atoms with E-state index in [0.717, 1.165) is 0 Å². The molecule has 6 nitrogen and oxygen atoms in total. The molecule has 0 amide bonds. The zero-order valence-corrected chi connectivity index (χ0v) is 13.1. The Bertz CT molecular complexity index is 592. The highest BCUT2D eigenvalue weighted by atomic mass is 32.2. The largest absolute Gasteiger partial charge is 0.464 e. The molecule has 0 spiro atoms. The summed E-state index contributed by atoms with van der Waals surface area (Å²) in [5, 5.41) is 0. The molecule has 0 aliphatic heterocycles. The van der Waals surface area contributed by atoms with E-state index in [-0.39, 0.29) is 29.0 Å². The number of hydrogen-bond donors (Lipinski definition) is 2. The van der Waals surface area contributed by atoms with Gasteiger partial charge in [0.05, 0.1) is 12.6 Å². The first-order valence-corrected chi connectivity index (χ1v) is 8.05. The summed E-state index contributed by atoms with van der Waals surface area (Å²) in [6.07, 6.45) is 0.740. The second-order valence-corrected chi connectivity index (χ2v) is 7.47. The molecule has 1 aliphatic carbocycles. The van der Waals surface area contributed by atoms with Gasteiger partial charge >= 0.3 is 0 Å². The molecule has 1 aliphatic rings. The van der Waals surface area contributed by atoms with Crippen molar-refractivity contribution in [3.63, 3.8) is 0 Å². The van der Waals surface area contributed by atoms with E-state index in [0.29, 0.717) is 17.9 Å². The van der Waals surface area contributed by atoms with Gasteiger partial charge in [0.1, 0.15) is 16.4 Å². The number of ether oxygens (including phenoxy) is 1. The first-order chi connectivity index (χ1) is 9.22. The number of methoxy groups -OCH3 is 1. The molecular formula is C13H22N2O4S. The van der Waals surface area contributed by atoms with Crippen molar-refractivity contribution in [3.05, 3.63) is 17.6 Å². The Hall–Kier alpha value is -0.890. The Kier molecular flexibility index (Phi) is 3.98. The standard InChI is InChI=1S/C13H22N2O4S/c1-8-10(5-9(7-14)19-8)20(16,17)15-11-6-12(18-4)13(11,2)3/h5,11-12,15H,6-7,14H2,1-4H3. The fraction of sp³-hybridized carbons (Fsp3) is 0.692. The van der Waals surface area contributed by atoms with Gasteiger partial charge in [-0.25, -0.2) is 13.1 Å². The summed E-state index contributed by atoms with van der Waals surface area (Å²) in [6.45, 7) is 5.78. The van der Waals surface area contributed by atoms with E-state index in [9.17, 15) is 8.42 Å². The van der Waals surface area contributed by atoms with Crippen LogP contribution in [0.1, 0.15) is 31.8 Å². The van der Waals surface area contributed by atoms with Crippen LogP contribution in [0.2, 0.25) is 0 Å². The Balaban J connectivity index is 2.18. The quantitative estimate of drug-likeness (QED) is 0.850. The van der Waals surface area contributed by atoms with Gasteiger partial charge in [-0.2, -0.15) is 0 Å². The first kappa shape index (κ1) is 15.5. The van der Waals surface area contributed by atoms with Gasteiger partial charge < -0.3 is 14.9 Å². The van der Waals surface area contributed by atoms with E-state index in [1.807, 2.05) is 13.8 Å². The van der Waals surface area contributed by atoms with Crippen molar-refractivity contribution >= 4 is 10.0 Å². The van der Waals surface area contributed by atoms with Gasteiger partial charge in [-0.05, 0) is 13.3 Å². The minimum absolute atomic E-state index is 0.0697. The number of aryl methyl sites for hydroxylation is 1. The van der Waals surface area contributed by atoms with Crippen LogP contribution in [-0.2, 0) is 21.3 Å². The van der Waals surface area contributed by atoms with Crippen molar-refractivity contribution in [1.82, 2.24) is 4.72 Å². The van der Waals surface area contributed by atoms with Crippen LogP contribution in [0.15, 0.2) is 15.4 Å². The summed E-state index contributed by atoms with van der Waals surface area (Å²) >= 11 is 0. The lowest BCUT2D eigenvalue weighted by Gasteiger charge is -2.50. The Morgan fingerprint density at radius 1 is 1.55 bits per heavy atom. The molecule has 3 N–H and O–H groups in total. The summed E-state index contributed by atoms with van der Waals surface area (Å²) in [5.41, 5.74) is 5.24. The number of rotatable bonds is 5. The van der Waals surface area contributed by atoms with Crippen LogP contribution in [0.3, 0.4) is 0 Å². The van der Waals surface area contributed by atoms with Gasteiger partial charge in [0.2, 0.25) is 10.0 Å². The number of nitrogens with one attached hydrogen (secondary N) is 1. The molecule has 0 radical (unpaired) electrons. The molecule has 1 heterocycles. The highest BCUT2D eigenvalue weighted by molar-refractivity contribution is 7.89. The molecule has 7 heteroatoms. The molecule has 1 saturated carbocycles. The van der Waals surface area contributed by atoms with Gasteiger partial charge in [-0.3, -0.25) is 0 Å². The topological polar surface area (TPSA) is 94.6 Å². The molecule has 0 bridgehead atoms. The van der Waals surface area contributed by atoms with E-state index < -0.39 is 10.0 Å². The minimum Gasteiger partial charge on any atom is -0.464 e. The van der Waals surface area contributed by atoms with Crippen molar-refractivity contribution in [2.75, 3.05) is 7.11 Å². The van der Waals surface area contributed by atoms with E-state index >= 15 is 0 Å². The molecule has 1 aromatic rings. The van der Waals surface area contributed by atoms with Gasteiger partial charge in [0.15, 0.2) is 0 Å². The number of hydrogen-bond acceptors (Lipinski definition) is 5. The Labute approximate surface area is 119 Å². The molecule has 20 heavy (non-hydrogen) atoms. The highest BCUT2D eigenvalue weighted by Gasteiger charge is 2.50. The van der Waals surface area contributed by atoms with Gasteiger partial charge in [-0.15, -0.1) is 0 Å². The van der Waals surface area contributed by atoms with E-state index in [2.05, 4.69) is 4.72 Å². The second-order valence-electron chi connectivity index (χ2n) is 5.79. The van der Waals surface area contributed by atoms with Crippen LogP contribution >= 0.6 is 0 Å². The fourth-order valence-corrected chi connectivity index (χ4v) is 4.24. The van der Waals surface area contributed by atoms with Crippen LogP contribution in [0.5, 0.6) is 0 Å². The molecule has 2 atom stereocenters. The lowest BCUT2D eigenvalue weighted by atomic mass is 9.65. The SMILES string of the molecule is COC1CC(NS(=O)(=O)c2cc(CN)oc2C)C1(C)C. The lowest BCUT2D eigenvalue weighted by Crippen LogP contribution is -2.61. The summed E-state index contributed by atoms with van der Waals surface area (Å²) < 4.78 is 38.2. The summed E-state index contributed by atoms with van der Waals surface area (Å²) in [4.78, 5) is 0.162. The van der Waals surface area contributed by atoms with Crippen molar-refractivity contribution in [2.24, 2.45) is 11.1 Å². The molecular weight excluding hydrogens is 280 g/mol. The third kappa shape index (κ3) is 2.50. The molecule has 1 fully saturated rings. The van der Waals surface area contributed by atoms with Gasteiger partial charge in [0.25, 0.3) is 0 Å². The normalized spacial score (nSPS) is 25.4. The Morgan fingerprint density at radius 3 is 2.65 bits per heavy atom. The van der Waals surface area contributed by atoms with Crippen LogP contribution in [0.4, 0.5) is 0 Å². The lowest BCUT2D eigenvalue weighted by molar-refractivity contribution is -0.0908. The first-order valence-electron chi connectivity index (χ1n) is 6.57. The van der Waals surface area contributed by atoms with Crippen LogP contribution < -0.4 is 10.5 Å². The second kappa shape index (κ2) is 5.14. The van der Waals surface area contributed by atoms with Crippen LogP contribution in [0, 0.1) is 12.3 Å². The monoisotopic (exact) mass is 302 g/mol. The maximum atomic E-state index is 12.4. The fourth-order valence-electron chi connectivity index (χ4n) is 2.63. The van der Waals surface area contributed by atoms with E-state index in [4.69, 9.17) is 14.9 Å². The van der Waals surface area contributed by atoms with Gasteiger partial charge in [0, 0.05) is 24.6 Å². The number of furan rings is 1. The molecule has 1 aromatic heterocycles. The smallest absolute Gasteiger partial charge is 0.244 e.